The molecule has 0 aromatic heterocycles. The summed E-state index contributed by atoms with van der Waals surface area (Å²) in [5, 5.41) is 0. The highest BCUT2D eigenvalue weighted by Gasteiger charge is 2.27. The Balaban J connectivity index is 2.21. The predicted octanol–water partition coefficient (Wildman–Crippen LogP) is 1.93. The van der Waals surface area contributed by atoms with Crippen LogP contribution in [0.1, 0.15) is 25.7 Å². The highest BCUT2D eigenvalue weighted by Crippen LogP contribution is 2.33. The molecule has 0 unspecified atom stereocenters. The fourth-order valence-corrected chi connectivity index (χ4v) is 2.03. The van der Waals surface area contributed by atoms with Gasteiger partial charge in [-0.05, 0) is 31.3 Å². The van der Waals surface area contributed by atoms with E-state index in [1.807, 2.05) is 0 Å². The number of rotatable bonds is 0. The molecule has 0 aliphatic heterocycles. The summed E-state index contributed by atoms with van der Waals surface area (Å²) in [6, 6.07) is 0. The van der Waals surface area contributed by atoms with Crippen LogP contribution in [0.15, 0.2) is 12.2 Å². The van der Waals surface area contributed by atoms with Crippen LogP contribution in [0, 0.1) is 11.8 Å². The monoisotopic (exact) mass is 136 g/mol. The molecule has 1 heteroatoms. The molecule has 0 amide bonds. The first-order valence-corrected chi connectivity index (χ1v) is 4.08. The molecule has 1 nitrogen and oxygen atoms in total. The Morgan fingerprint density at radius 3 is 3.10 bits per heavy atom. The summed E-state index contributed by atoms with van der Waals surface area (Å²) in [5.41, 5.74) is 0. The molecule has 0 saturated heterocycles. The number of ketones is 1. The number of hydrogen-bond acceptors (Lipinski definition) is 1. The molecular weight excluding hydrogens is 124 g/mol. The van der Waals surface area contributed by atoms with Gasteiger partial charge in [0.25, 0.3) is 0 Å². The molecule has 2 bridgehead atoms. The first-order valence-electron chi connectivity index (χ1n) is 4.08. The maximum absolute atomic E-state index is 11.1. The van der Waals surface area contributed by atoms with E-state index in [9.17, 15) is 4.79 Å². The molecule has 0 aromatic carbocycles. The van der Waals surface area contributed by atoms with Crippen LogP contribution < -0.4 is 0 Å². The van der Waals surface area contributed by atoms with Crippen molar-refractivity contribution in [3.63, 3.8) is 0 Å². The lowest BCUT2D eigenvalue weighted by molar-refractivity contribution is -0.120. The third-order valence-electron chi connectivity index (χ3n) is 2.65. The van der Waals surface area contributed by atoms with Gasteiger partial charge in [0.15, 0.2) is 5.78 Å². The van der Waals surface area contributed by atoms with E-state index in [0.29, 0.717) is 11.7 Å². The van der Waals surface area contributed by atoms with Gasteiger partial charge in [-0.1, -0.05) is 12.5 Å². The highest BCUT2D eigenvalue weighted by atomic mass is 16.1. The smallest absolute Gasteiger partial charge is 0.158 e. The fraction of sp³-hybridized carbons (Fsp3) is 0.667. The first kappa shape index (κ1) is 6.14. The van der Waals surface area contributed by atoms with Crippen LogP contribution in [0.4, 0.5) is 0 Å². The van der Waals surface area contributed by atoms with Crippen LogP contribution in [0.25, 0.3) is 0 Å². The number of carbonyl (C=O) groups excluding carboxylic acids is 1. The second kappa shape index (κ2) is 2.22. The summed E-state index contributed by atoms with van der Waals surface area (Å²) in [7, 11) is 0. The van der Waals surface area contributed by atoms with Crippen molar-refractivity contribution in [2.75, 3.05) is 0 Å². The Kier molecular flexibility index (Phi) is 1.37. The van der Waals surface area contributed by atoms with Crippen LogP contribution >= 0.6 is 0 Å². The van der Waals surface area contributed by atoms with Crippen molar-refractivity contribution in [1.29, 1.82) is 0 Å². The topological polar surface area (TPSA) is 17.1 Å². The fourth-order valence-electron chi connectivity index (χ4n) is 2.03. The van der Waals surface area contributed by atoms with Crippen LogP contribution in [0.3, 0.4) is 0 Å². The standard InChI is InChI=1S/C9H12O/c10-9-5-4-7-2-1-3-8(9)6-7/h4-5,7-8H,1-3,6H2/t7-,8+/m1/s1. The molecule has 0 spiro atoms. The van der Waals surface area contributed by atoms with Gasteiger partial charge in [0.05, 0.1) is 0 Å². The van der Waals surface area contributed by atoms with E-state index < -0.39 is 0 Å². The summed E-state index contributed by atoms with van der Waals surface area (Å²) in [6.07, 6.45) is 8.72. The van der Waals surface area contributed by atoms with Crippen molar-refractivity contribution in [1.82, 2.24) is 0 Å². The molecule has 1 fully saturated rings. The molecule has 54 valence electrons. The van der Waals surface area contributed by atoms with E-state index in [-0.39, 0.29) is 0 Å². The van der Waals surface area contributed by atoms with Crippen molar-refractivity contribution in [2.45, 2.75) is 25.7 Å². The highest BCUT2D eigenvalue weighted by molar-refractivity contribution is 5.92. The van der Waals surface area contributed by atoms with E-state index >= 15 is 0 Å². The Hall–Kier alpha value is -0.590. The third kappa shape index (κ3) is 0.898. The lowest BCUT2D eigenvalue weighted by Gasteiger charge is -2.28. The zero-order valence-electron chi connectivity index (χ0n) is 6.05. The van der Waals surface area contributed by atoms with Crippen LogP contribution in [0.5, 0.6) is 0 Å². The molecule has 0 aromatic rings. The first-order chi connectivity index (χ1) is 4.86. The Bertz CT molecular complexity index is 181. The number of allylic oxidation sites excluding steroid dienone is 2. The van der Waals surface area contributed by atoms with E-state index in [2.05, 4.69) is 6.08 Å². The van der Waals surface area contributed by atoms with Gasteiger partial charge in [0.2, 0.25) is 0 Å². The second-order valence-corrected chi connectivity index (χ2v) is 3.39. The number of fused-ring (bicyclic) bond motifs is 2. The summed E-state index contributed by atoms with van der Waals surface area (Å²) < 4.78 is 0. The normalized spacial score (nSPS) is 38.2. The summed E-state index contributed by atoms with van der Waals surface area (Å²) in [6.45, 7) is 0. The van der Waals surface area contributed by atoms with Crippen LogP contribution in [-0.2, 0) is 4.79 Å². The van der Waals surface area contributed by atoms with Crippen molar-refractivity contribution in [3.05, 3.63) is 12.2 Å². The van der Waals surface area contributed by atoms with Gasteiger partial charge in [0.1, 0.15) is 0 Å². The third-order valence-corrected chi connectivity index (χ3v) is 2.65. The van der Waals surface area contributed by atoms with Gasteiger partial charge in [-0.3, -0.25) is 4.79 Å². The lowest BCUT2D eigenvalue weighted by Crippen LogP contribution is -2.24. The average Bonchev–Trinajstić information content (AvgIpc) is 1.99. The van der Waals surface area contributed by atoms with Gasteiger partial charge in [-0.2, -0.15) is 0 Å². The zero-order valence-corrected chi connectivity index (χ0v) is 6.05. The minimum absolute atomic E-state index is 0.371. The molecule has 2 rings (SSSR count). The average molecular weight is 136 g/mol. The van der Waals surface area contributed by atoms with E-state index in [1.165, 1.54) is 12.8 Å². The van der Waals surface area contributed by atoms with Crippen LogP contribution in [-0.4, -0.2) is 5.78 Å². The minimum Gasteiger partial charge on any atom is -0.295 e. The van der Waals surface area contributed by atoms with Gasteiger partial charge in [-0.25, -0.2) is 0 Å². The molecule has 10 heavy (non-hydrogen) atoms. The molecular formula is C9H12O. The van der Waals surface area contributed by atoms with Crippen molar-refractivity contribution >= 4 is 5.78 Å². The molecule has 2 atom stereocenters. The van der Waals surface area contributed by atoms with Gasteiger partial charge >= 0.3 is 0 Å². The summed E-state index contributed by atoms with van der Waals surface area (Å²) in [5.74, 6) is 1.50. The van der Waals surface area contributed by atoms with Gasteiger partial charge < -0.3 is 0 Å². The van der Waals surface area contributed by atoms with Crippen molar-refractivity contribution < 1.29 is 4.79 Å². The minimum atomic E-state index is 0.371. The van der Waals surface area contributed by atoms with Crippen molar-refractivity contribution in [2.24, 2.45) is 11.8 Å². The van der Waals surface area contributed by atoms with E-state index in [4.69, 9.17) is 0 Å². The van der Waals surface area contributed by atoms with Crippen LogP contribution in [0.2, 0.25) is 0 Å². The zero-order chi connectivity index (χ0) is 6.97. The number of carbonyl (C=O) groups is 1. The SMILES string of the molecule is O=C1C=C[C@H]2CCC[C@H]1C2. The Labute approximate surface area is 61.1 Å². The molecule has 0 heterocycles. The van der Waals surface area contributed by atoms with E-state index in [0.717, 1.165) is 18.8 Å². The van der Waals surface area contributed by atoms with E-state index in [1.54, 1.807) is 6.08 Å². The maximum Gasteiger partial charge on any atom is 0.158 e. The Morgan fingerprint density at radius 2 is 2.30 bits per heavy atom. The predicted molar refractivity (Wildman–Crippen MR) is 39.6 cm³/mol. The Morgan fingerprint density at radius 1 is 1.40 bits per heavy atom. The molecule has 1 saturated carbocycles. The maximum atomic E-state index is 11.1. The molecule has 0 radical (unpaired) electrons. The molecule has 2 aliphatic rings. The summed E-state index contributed by atoms with van der Waals surface area (Å²) in [4.78, 5) is 11.1. The molecule has 2 aliphatic carbocycles. The lowest BCUT2D eigenvalue weighted by atomic mass is 9.76. The summed E-state index contributed by atoms with van der Waals surface area (Å²) >= 11 is 0. The van der Waals surface area contributed by atoms with Gasteiger partial charge in [-0.15, -0.1) is 0 Å². The van der Waals surface area contributed by atoms with Crippen molar-refractivity contribution in [3.8, 4) is 0 Å². The molecule has 0 N–H and O–H groups in total. The quantitative estimate of drug-likeness (QED) is 0.497. The largest absolute Gasteiger partial charge is 0.295 e. The number of hydrogen-bond donors (Lipinski definition) is 0. The second-order valence-electron chi connectivity index (χ2n) is 3.39. The van der Waals surface area contributed by atoms with Gasteiger partial charge in [0, 0.05) is 5.92 Å².